The summed E-state index contributed by atoms with van der Waals surface area (Å²) in [6.07, 6.45) is 3.29. The van der Waals surface area contributed by atoms with Crippen molar-refractivity contribution in [3.05, 3.63) is 29.8 Å². The fourth-order valence-corrected chi connectivity index (χ4v) is 3.92. The number of aromatic nitrogens is 1. The van der Waals surface area contributed by atoms with Crippen molar-refractivity contribution in [3.8, 4) is 11.5 Å². The number of carbonyl (C=O) groups excluding carboxylic acids is 3. The molecule has 1 aliphatic rings. The van der Waals surface area contributed by atoms with Gasteiger partial charge in [-0.25, -0.2) is 4.98 Å². The van der Waals surface area contributed by atoms with Crippen LogP contribution in [0.15, 0.2) is 29.8 Å². The lowest BCUT2D eigenvalue weighted by Crippen LogP contribution is -2.43. The number of hydrogen-bond acceptors (Lipinski definition) is 8. The zero-order chi connectivity index (χ0) is 23.6. The van der Waals surface area contributed by atoms with E-state index in [1.54, 1.807) is 29.8 Å². The highest BCUT2D eigenvalue weighted by Crippen LogP contribution is 2.32. The maximum absolute atomic E-state index is 13.1. The minimum absolute atomic E-state index is 0.0109. The van der Waals surface area contributed by atoms with Crippen molar-refractivity contribution in [2.75, 3.05) is 44.1 Å². The van der Waals surface area contributed by atoms with E-state index in [2.05, 4.69) is 15.6 Å². The first kappa shape index (κ1) is 24.5. The molecule has 1 saturated heterocycles. The van der Waals surface area contributed by atoms with Crippen LogP contribution in [0.2, 0.25) is 0 Å². The van der Waals surface area contributed by atoms with Gasteiger partial charge in [0.25, 0.3) is 0 Å². The van der Waals surface area contributed by atoms with Gasteiger partial charge in [-0.05, 0) is 25.0 Å². The Hall–Kier alpha value is -3.18. The first-order valence-electron chi connectivity index (χ1n) is 10.6. The number of ether oxygens (including phenoxy) is 3. The van der Waals surface area contributed by atoms with Gasteiger partial charge in [0, 0.05) is 43.6 Å². The molecule has 0 unspecified atom stereocenters. The van der Waals surface area contributed by atoms with E-state index in [0.29, 0.717) is 35.5 Å². The van der Waals surface area contributed by atoms with Crippen molar-refractivity contribution in [3.63, 3.8) is 0 Å². The minimum Gasteiger partial charge on any atom is -0.497 e. The molecule has 2 heterocycles. The molecule has 1 aromatic carbocycles. The average Bonchev–Trinajstić information content (AvgIpc) is 3.53. The number of carbonyl (C=O) groups is 3. The van der Waals surface area contributed by atoms with Gasteiger partial charge in [0.05, 0.1) is 26.0 Å². The summed E-state index contributed by atoms with van der Waals surface area (Å²) in [5.74, 6) is -0.123. The molecule has 3 rings (SSSR count). The van der Waals surface area contributed by atoms with Gasteiger partial charge in [0.2, 0.25) is 17.7 Å². The maximum Gasteiger partial charge on any atom is 0.240 e. The third kappa shape index (κ3) is 7.16. The molecule has 0 spiro atoms. The van der Waals surface area contributed by atoms with Crippen LogP contribution in [0.1, 0.15) is 25.7 Å². The standard InChI is InChI=1S/C22H28N4O6S/c1-30-15-5-6-17(18(12-15)31-2)26(14-20(28)24-13-16-4-3-10-32-16)21(29)8-7-19(27)25-22-23-9-11-33-22/h5-6,9,11-12,16H,3-4,7-8,10,13-14H2,1-2H3,(H,24,28)(H,23,25,27)/t16-/m0/s1. The Labute approximate surface area is 196 Å². The van der Waals surface area contributed by atoms with Crippen LogP contribution in [0.5, 0.6) is 11.5 Å². The fraction of sp³-hybridized carbons (Fsp3) is 0.455. The SMILES string of the molecule is COc1ccc(N(CC(=O)NC[C@@H]2CCCO2)C(=O)CCC(=O)Nc2nccs2)c(OC)c1. The predicted octanol–water partition coefficient (Wildman–Crippen LogP) is 2.21. The number of rotatable bonds is 11. The molecule has 2 aromatic rings. The second-order valence-electron chi connectivity index (χ2n) is 7.34. The summed E-state index contributed by atoms with van der Waals surface area (Å²) in [6, 6.07) is 4.96. The van der Waals surface area contributed by atoms with Crippen molar-refractivity contribution in [1.29, 1.82) is 0 Å². The Morgan fingerprint density at radius 3 is 2.73 bits per heavy atom. The zero-order valence-electron chi connectivity index (χ0n) is 18.7. The lowest BCUT2D eigenvalue weighted by Gasteiger charge is -2.25. The lowest BCUT2D eigenvalue weighted by atomic mass is 10.2. The van der Waals surface area contributed by atoms with Gasteiger partial charge in [-0.3, -0.25) is 19.3 Å². The van der Waals surface area contributed by atoms with Crippen molar-refractivity contribution in [2.45, 2.75) is 31.8 Å². The summed E-state index contributed by atoms with van der Waals surface area (Å²) < 4.78 is 16.2. The summed E-state index contributed by atoms with van der Waals surface area (Å²) in [7, 11) is 3.00. The topological polar surface area (TPSA) is 119 Å². The summed E-state index contributed by atoms with van der Waals surface area (Å²) >= 11 is 1.29. The molecule has 1 aromatic heterocycles. The minimum atomic E-state index is -0.389. The molecule has 0 radical (unpaired) electrons. The van der Waals surface area contributed by atoms with E-state index in [4.69, 9.17) is 14.2 Å². The Kier molecular flexibility index (Phi) is 9.02. The van der Waals surface area contributed by atoms with Crippen molar-refractivity contribution < 1.29 is 28.6 Å². The second-order valence-corrected chi connectivity index (χ2v) is 8.24. The Morgan fingerprint density at radius 2 is 2.06 bits per heavy atom. The molecule has 10 nitrogen and oxygen atoms in total. The summed E-state index contributed by atoms with van der Waals surface area (Å²) in [6.45, 7) is 0.858. The maximum atomic E-state index is 13.1. The molecule has 0 bridgehead atoms. The highest BCUT2D eigenvalue weighted by atomic mass is 32.1. The third-order valence-electron chi connectivity index (χ3n) is 5.08. The second kappa shape index (κ2) is 12.2. The lowest BCUT2D eigenvalue weighted by molar-refractivity contribution is -0.125. The monoisotopic (exact) mass is 476 g/mol. The van der Waals surface area contributed by atoms with Crippen molar-refractivity contribution in [2.24, 2.45) is 0 Å². The molecule has 178 valence electrons. The van der Waals surface area contributed by atoms with Gasteiger partial charge >= 0.3 is 0 Å². The van der Waals surface area contributed by atoms with Gasteiger partial charge < -0.3 is 24.8 Å². The molecule has 33 heavy (non-hydrogen) atoms. The van der Waals surface area contributed by atoms with Gasteiger partial charge in [0.15, 0.2) is 5.13 Å². The van der Waals surface area contributed by atoms with Crippen LogP contribution in [-0.4, -0.2) is 62.7 Å². The Balaban J connectivity index is 1.69. The molecule has 3 amide bonds. The summed E-state index contributed by atoms with van der Waals surface area (Å²) in [5, 5.41) is 7.69. The smallest absolute Gasteiger partial charge is 0.240 e. The molecule has 0 aliphatic carbocycles. The molecular weight excluding hydrogens is 448 g/mol. The summed E-state index contributed by atoms with van der Waals surface area (Å²) in [4.78, 5) is 43.3. The largest absolute Gasteiger partial charge is 0.497 e. The Bertz CT molecular complexity index is 946. The van der Waals surface area contributed by atoms with E-state index in [-0.39, 0.29) is 43.2 Å². The fourth-order valence-electron chi connectivity index (χ4n) is 3.37. The highest BCUT2D eigenvalue weighted by molar-refractivity contribution is 7.13. The van der Waals surface area contributed by atoms with E-state index in [1.165, 1.54) is 30.5 Å². The normalized spacial score (nSPS) is 15.0. The van der Waals surface area contributed by atoms with E-state index < -0.39 is 0 Å². The molecule has 1 aliphatic heterocycles. The molecule has 2 N–H and O–H groups in total. The first-order chi connectivity index (χ1) is 16.0. The highest BCUT2D eigenvalue weighted by Gasteiger charge is 2.24. The van der Waals surface area contributed by atoms with Crippen LogP contribution in [-0.2, 0) is 19.1 Å². The number of methoxy groups -OCH3 is 2. The molecule has 11 heteroatoms. The van der Waals surface area contributed by atoms with Crippen LogP contribution in [0, 0.1) is 0 Å². The number of nitrogens with one attached hydrogen (secondary N) is 2. The van der Waals surface area contributed by atoms with Gasteiger partial charge in [-0.2, -0.15) is 0 Å². The predicted molar refractivity (Wildman–Crippen MR) is 124 cm³/mol. The first-order valence-corrected chi connectivity index (χ1v) is 11.5. The Morgan fingerprint density at radius 1 is 1.21 bits per heavy atom. The van der Waals surface area contributed by atoms with Gasteiger partial charge in [0.1, 0.15) is 18.0 Å². The van der Waals surface area contributed by atoms with Crippen molar-refractivity contribution >= 4 is 39.9 Å². The third-order valence-corrected chi connectivity index (χ3v) is 5.76. The van der Waals surface area contributed by atoms with Crippen LogP contribution in [0.25, 0.3) is 0 Å². The van der Waals surface area contributed by atoms with E-state index in [9.17, 15) is 14.4 Å². The summed E-state index contributed by atoms with van der Waals surface area (Å²) in [5.41, 5.74) is 0.413. The molecule has 1 atom stereocenters. The van der Waals surface area contributed by atoms with Crippen LogP contribution in [0.3, 0.4) is 0 Å². The number of nitrogens with zero attached hydrogens (tertiary/aromatic N) is 2. The van der Waals surface area contributed by atoms with Gasteiger partial charge in [-0.1, -0.05) is 0 Å². The van der Waals surface area contributed by atoms with E-state index in [0.717, 1.165) is 12.8 Å². The van der Waals surface area contributed by atoms with Crippen molar-refractivity contribution in [1.82, 2.24) is 10.3 Å². The number of thiazole rings is 1. The van der Waals surface area contributed by atoms with E-state index in [1.807, 2.05) is 0 Å². The molecule has 1 fully saturated rings. The number of anilines is 2. The quantitative estimate of drug-likeness (QED) is 0.510. The number of benzene rings is 1. The van der Waals surface area contributed by atoms with Crippen LogP contribution < -0.4 is 25.0 Å². The van der Waals surface area contributed by atoms with E-state index >= 15 is 0 Å². The number of hydrogen-bond donors (Lipinski definition) is 2. The number of amides is 3. The van der Waals surface area contributed by atoms with Crippen LogP contribution in [0.4, 0.5) is 10.8 Å². The molecule has 0 saturated carbocycles. The average molecular weight is 477 g/mol. The molecular formula is C22H28N4O6S. The zero-order valence-corrected chi connectivity index (χ0v) is 19.5. The van der Waals surface area contributed by atoms with Crippen LogP contribution >= 0.6 is 11.3 Å². The van der Waals surface area contributed by atoms with Gasteiger partial charge in [-0.15, -0.1) is 11.3 Å².